The fraction of sp³-hybridized carbons (Fsp3) is 0.889. The Labute approximate surface area is 102 Å². The summed E-state index contributed by atoms with van der Waals surface area (Å²) in [7, 11) is 1.56. The molecule has 1 unspecified atom stereocenters. The van der Waals surface area contributed by atoms with Crippen LogP contribution in [0.3, 0.4) is 0 Å². The average Bonchev–Trinajstić information content (AvgIpc) is 2.22. The quantitative estimate of drug-likeness (QED) is 0.514. The fourth-order valence-corrected chi connectivity index (χ4v) is 1.32. The molecule has 0 bridgehead atoms. The van der Waals surface area contributed by atoms with Gasteiger partial charge in [-0.2, -0.15) is 0 Å². The standard InChI is InChI=1S/C9H16BrF2NO3/c1-15-5-7(10)4-13-9(14)2-3-16-6-8(11)12/h7-8H,2-6H2,1H3,(H,13,14). The molecule has 0 radical (unpaired) electrons. The van der Waals surface area contributed by atoms with Crippen LogP contribution in [0.15, 0.2) is 0 Å². The smallest absolute Gasteiger partial charge is 0.261 e. The van der Waals surface area contributed by atoms with E-state index in [1.165, 1.54) is 0 Å². The molecule has 0 saturated carbocycles. The third-order valence-corrected chi connectivity index (χ3v) is 2.17. The van der Waals surface area contributed by atoms with Crippen molar-refractivity contribution in [2.45, 2.75) is 17.7 Å². The SMILES string of the molecule is COCC(Br)CNC(=O)CCOCC(F)F. The van der Waals surface area contributed by atoms with Crippen LogP contribution in [0.1, 0.15) is 6.42 Å². The normalized spacial score (nSPS) is 12.8. The molecule has 96 valence electrons. The summed E-state index contributed by atoms with van der Waals surface area (Å²) in [5.74, 6) is -0.227. The lowest BCUT2D eigenvalue weighted by Gasteiger charge is -2.10. The van der Waals surface area contributed by atoms with Gasteiger partial charge in [0.05, 0.1) is 18.0 Å². The largest absolute Gasteiger partial charge is 0.383 e. The number of carbonyl (C=O) groups excluding carboxylic acids is 1. The van der Waals surface area contributed by atoms with E-state index < -0.39 is 13.0 Å². The maximum Gasteiger partial charge on any atom is 0.261 e. The third-order valence-electron chi connectivity index (χ3n) is 1.59. The first-order chi connectivity index (χ1) is 7.56. The van der Waals surface area contributed by atoms with E-state index in [2.05, 4.69) is 26.0 Å². The molecule has 0 aromatic heterocycles. The van der Waals surface area contributed by atoms with Crippen molar-refractivity contribution >= 4 is 21.8 Å². The van der Waals surface area contributed by atoms with Crippen LogP contribution >= 0.6 is 15.9 Å². The Bertz CT molecular complexity index is 196. The third kappa shape index (κ3) is 10.3. The summed E-state index contributed by atoms with van der Waals surface area (Å²) < 4.78 is 32.7. The van der Waals surface area contributed by atoms with E-state index in [-0.39, 0.29) is 23.8 Å². The summed E-state index contributed by atoms with van der Waals surface area (Å²) in [5, 5.41) is 2.62. The summed E-state index contributed by atoms with van der Waals surface area (Å²) in [6.07, 6.45) is -2.41. The Morgan fingerprint density at radius 3 is 2.69 bits per heavy atom. The number of halogens is 3. The molecular weight excluding hydrogens is 288 g/mol. The Morgan fingerprint density at radius 2 is 2.12 bits per heavy atom. The maximum absolute atomic E-state index is 11.7. The summed E-state index contributed by atoms with van der Waals surface area (Å²) in [6, 6.07) is 0. The highest BCUT2D eigenvalue weighted by Crippen LogP contribution is 1.98. The lowest BCUT2D eigenvalue weighted by Crippen LogP contribution is -2.32. The maximum atomic E-state index is 11.7. The van der Waals surface area contributed by atoms with Crippen LogP contribution < -0.4 is 5.32 Å². The second-order valence-corrected chi connectivity index (χ2v) is 4.37. The molecule has 0 aromatic carbocycles. The number of hydrogen-bond donors (Lipinski definition) is 1. The van der Waals surface area contributed by atoms with Crippen molar-refractivity contribution in [1.82, 2.24) is 5.32 Å². The van der Waals surface area contributed by atoms with Crippen LogP contribution in [0, 0.1) is 0 Å². The Hall–Kier alpha value is -0.270. The lowest BCUT2D eigenvalue weighted by atomic mass is 10.4. The second kappa shape index (κ2) is 9.92. The zero-order valence-electron chi connectivity index (χ0n) is 9.05. The molecule has 0 aromatic rings. The van der Waals surface area contributed by atoms with Crippen LogP contribution in [0.25, 0.3) is 0 Å². The van der Waals surface area contributed by atoms with E-state index in [1.807, 2.05) is 0 Å². The molecule has 1 amide bonds. The van der Waals surface area contributed by atoms with Crippen LogP contribution in [-0.2, 0) is 14.3 Å². The molecule has 16 heavy (non-hydrogen) atoms. The highest BCUT2D eigenvalue weighted by molar-refractivity contribution is 9.09. The first kappa shape index (κ1) is 15.7. The first-order valence-corrected chi connectivity index (χ1v) is 5.73. The molecule has 0 saturated heterocycles. The number of amides is 1. The minimum absolute atomic E-state index is 0.00734. The summed E-state index contributed by atoms with van der Waals surface area (Å²) in [4.78, 5) is 11.2. The lowest BCUT2D eigenvalue weighted by molar-refractivity contribution is -0.122. The number of nitrogens with one attached hydrogen (secondary N) is 1. The van der Waals surface area contributed by atoms with Crippen LogP contribution in [-0.4, -0.2) is 50.6 Å². The van der Waals surface area contributed by atoms with Gasteiger partial charge in [-0.1, -0.05) is 15.9 Å². The highest BCUT2D eigenvalue weighted by atomic mass is 79.9. The zero-order chi connectivity index (χ0) is 12.4. The van der Waals surface area contributed by atoms with Gasteiger partial charge in [0.15, 0.2) is 0 Å². The number of rotatable bonds is 9. The molecule has 1 atom stereocenters. The number of ether oxygens (including phenoxy) is 2. The summed E-state index contributed by atoms with van der Waals surface area (Å²) >= 11 is 3.30. The number of alkyl halides is 3. The molecule has 0 fully saturated rings. The Morgan fingerprint density at radius 1 is 1.44 bits per heavy atom. The summed E-state index contributed by atoms with van der Waals surface area (Å²) in [6.45, 7) is 0.301. The fourth-order valence-electron chi connectivity index (χ4n) is 0.890. The van der Waals surface area contributed by atoms with Gasteiger partial charge < -0.3 is 14.8 Å². The van der Waals surface area contributed by atoms with E-state index in [9.17, 15) is 13.6 Å². The van der Waals surface area contributed by atoms with E-state index in [4.69, 9.17) is 4.74 Å². The molecule has 0 spiro atoms. The van der Waals surface area contributed by atoms with E-state index in [1.54, 1.807) is 7.11 Å². The van der Waals surface area contributed by atoms with Crippen molar-refractivity contribution in [3.05, 3.63) is 0 Å². The molecule has 7 heteroatoms. The van der Waals surface area contributed by atoms with Crippen LogP contribution in [0.5, 0.6) is 0 Å². The van der Waals surface area contributed by atoms with Crippen molar-refractivity contribution in [2.75, 3.05) is 33.5 Å². The Kier molecular flexibility index (Phi) is 9.75. The molecule has 0 rings (SSSR count). The number of methoxy groups -OCH3 is 1. The molecule has 0 aliphatic rings. The van der Waals surface area contributed by atoms with Gasteiger partial charge in [0.25, 0.3) is 6.43 Å². The van der Waals surface area contributed by atoms with Gasteiger partial charge in [-0.25, -0.2) is 8.78 Å². The molecular formula is C9H16BrF2NO3. The van der Waals surface area contributed by atoms with Crippen molar-refractivity contribution in [3.8, 4) is 0 Å². The predicted molar refractivity (Wildman–Crippen MR) is 59.0 cm³/mol. The molecule has 0 aliphatic heterocycles. The van der Waals surface area contributed by atoms with Crippen LogP contribution in [0.2, 0.25) is 0 Å². The van der Waals surface area contributed by atoms with Gasteiger partial charge in [-0.15, -0.1) is 0 Å². The molecule has 0 heterocycles. The molecule has 0 aliphatic carbocycles. The summed E-state index contributed by atoms with van der Waals surface area (Å²) in [5.41, 5.74) is 0. The zero-order valence-corrected chi connectivity index (χ0v) is 10.6. The minimum Gasteiger partial charge on any atom is -0.383 e. The van der Waals surface area contributed by atoms with Gasteiger partial charge in [0.1, 0.15) is 6.61 Å². The van der Waals surface area contributed by atoms with Gasteiger partial charge in [0.2, 0.25) is 5.91 Å². The van der Waals surface area contributed by atoms with Crippen molar-refractivity contribution in [3.63, 3.8) is 0 Å². The number of carbonyl (C=O) groups is 1. The van der Waals surface area contributed by atoms with Gasteiger partial charge in [-0.3, -0.25) is 4.79 Å². The van der Waals surface area contributed by atoms with E-state index in [0.717, 1.165) is 0 Å². The van der Waals surface area contributed by atoms with Crippen molar-refractivity contribution in [1.29, 1.82) is 0 Å². The second-order valence-electron chi connectivity index (χ2n) is 3.07. The van der Waals surface area contributed by atoms with Gasteiger partial charge >= 0.3 is 0 Å². The predicted octanol–water partition coefficient (Wildman–Crippen LogP) is 1.18. The number of hydrogen-bond acceptors (Lipinski definition) is 3. The topological polar surface area (TPSA) is 47.6 Å². The molecule has 4 nitrogen and oxygen atoms in total. The average molecular weight is 304 g/mol. The highest BCUT2D eigenvalue weighted by Gasteiger charge is 2.07. The monoisotopic (exact) mass is 303 g/mol. The van der Waals surface area contributed by atoms with Crippen molar-refractivity contribution in [2.24, 2.45) is 0 Å². The van der Waals surface area contributed by atoms with Crippen molar-refractivity contribution < 1.29 is 23.0 Å². The first-order valence-electron chi connectivity index (χ1n) is 4.81. The Balaban J connectivity index is 3.37. The minimum atomic E-state index is -2.49. The molecule has 1 N–H and O–H groups in total. The van der Waals surface area contributed by atoms with E-state index >= 15 is 0 Å². The van der Waals surface area contributed by atoms with Crippen LogP contribution in [0.4, 0.5) is 8.78 Å². The van der Waals surface area contributed by atoms with Gasteiger partial charge in [0, 0.05) is 20.1 Å². The van der Waals surface area contributed by atoms with Gasteiger partial charge in [-0.05, 0) is 0 Å². The van der Waals surface area contributed by atoms with E-state index in [0.29, 0.717) is 13.2 Å².